The minimum Gasteiger partial charge on any atom is -0.508 e. The highest BCUT2D eigenvalue weighted by Crippen LogP contribution is 2.53. The maximum absolute atomic E-state index is 13.9. The number of likely N-dealkylation sites (N-methyl/N-ethyl adjacent to an activating group) is 1. The third kappa shape index (κ3) is 3.47. The second-order valence-corrected chi connectivity index (χ2v) is 10.2. The van der Waals surface area contributed by atoms with Gasteiger partial charge in [-0.2, -0.15) is 0 Å². The summed E-state index contributed by atoms with van der Waals surface area (Å²) < 4.78 is 0. The van der Waals surface area contributed by atoms with E-state index < -0.39 is 58.0 Å². The first-order valence-corrected chi connectivity index (χ1v) is 12.1. The van der Waals surface area contributed by atoms with Crippen molar-refractivity contribution in [1.82, 2.24) is 4.90 Å². The third-order valence-electron chi connectivity index (χ3n) is 7.91. The van der Waals surface area contributed by atoms with Crippen LogP contribution in [0.15, 0.2) is 23.0 Å². The predicted molar refractivity (Wildman–Crippen MR) is 131 cm³/mol. The van der Waals surface area contributed by atoms with Crippen LogP contribution < -0.4 is 11.5 Å². The minimum atomic E-state index is -2.64. The summed E-state index contributed by atoms with van der Waals surface area (Å²) in [5.74, 6) is -6.54. The van der Waals surface area contributed by atoms with Gasteiger partial charge in [0.15, 0.2) is 11.4 Å². The van der Waals surface area contributed by atoms with Crippen LogP contribution in [0.5, 0.6) is 5.75 Å². The second kappa shape index (κ2) is 9.02. The van der Waals surface area contributed by atoms with Crippen LogP contribution in [-0.4, -0.2) is 68.5 Å². The molecule has 3 aliphatic rings. The van der Waals surface area contributed by atoms with Gasteiger partial charge in [0.25, 0.3) is 5.91 Å². The zero-order chi connectivity index (χ0) is 26.7. The van der Waals surface area contributed by atoms with Crippen LogP contribution in [0.2, 0.25) is 0 Å². The molecule has 1 aromatic carbocycles. The maximum Gasteiger partial charge on any atom is 0.255 e. The lowest BCUT2D eigenvalue weighted by atomic mass is 9.57. The molecule has 1 fully saturated rings. The summed E-state index contributed by atoms with van der Waals surface area (Å²) in [6, 6.07) is 0.721. The molecule has 1 aromatic rings. The van der Waals surface area contributed by atoms with Gasteiger partial charge in [-0.1, -0.05) is 19.4 Å². The van der Waals surface area contributed by atoms with Gasteiger partial charge in [-0.15, -0.1) is 0 Å². The monoisotopic (exact) mass is 499 g/mol. The molecule has 0 aromatic heterocycles. The Hall–Kier alpha value is -3.21. The van der Waals surface area contributed by atoms with Crippen molar-refractivity contribution in [3.05, 3.63) is 45.2 Å². The zero-order valence-corrected chi connectivity index (χ0v) is 20.7. The number of carbonyl (C=O) groups excluding carboxylic acids is 3. The predicted octanol–water partition coefficient (Wildman–Crippen LogP) is 0.765. The summed E-state index contributed by atoms with van der Waals surface area (Å²) >= 11 is 0. The van der Waals surface area contributed by atoms with Gasteiger partial charge >= 0.3 is 0 Å². The molecule has 194 valence electrons. The SMILES string of the molecule is CCCCc1cc(CN)c(O)c2c1C[C@H]1C[C@H]3[C@@H](N(C)C)C(=O)C(C(N)=O)=C(O)[C@@]3(O)C(=O)C1=C2O. The fourth-order valence-corrected chi connectivity index (χ4v) is 6.20. The molecule has 0 heterocycles. The van der Waals surface area contributed by atoms with Crippen LogP contribution in [0.3, 0.4) is 0 Å². The number of carbonyl (C=O) groups is 3. The summed E-state index contributed by atoms with van der Waals surface area (Å²) in [4.78, 5) is 40.5. The Morgan fingerprint density at radius 2 is 1.86 bits per heavy atom. The van der Waals surface area contributed by atoms with Crippen molar-refractivity contribution in [3.63, 3.8) is 0 Å². The summed E-state index contributed by atoms with van der Waals surface area (Å²) in [6.45, 7) is 2.07. The molecule has 0 radical (unpaired) electrons. The molecule has 0 saturated heterocycles. The lowest BCUT2D eigenvalue weighted by Crippen LogP contribution is -2.65. The number of phenolic OH excluding ortho intramolecular Hbond substituents is 1. The van der Waals surface area contributed by atoms with Crippen LogP contribution in [0.1, 0.15) is 48.4 Å². The molecule has 0 unspecified atom stereocenters. The lowest BCUT2D eigenvalue weighted by Gasteiger charge is -2.50. The van der Waals surface area contributed by atoms with Gasteiger partial charge < -0.3 is 31.9 Å². The van der Waals surface area contributed by atoms with Gasteiger partial charge in [0.05, 0.1) is 11.6 Å². The van der Waals surface area contributed by atoms with Crippen LogP contribution in [0, 0.1) is 11.8 Å². The van der Waals surface area contributed by atoms with Crippen molar-refractivity contribution in [3.8, 4) is 5.75 Å². The zero-order valence-electron chi connectivity index (χ0n) is 20.7. The summed E-state index contributed by atoms with van der Waals surface area (Å²) in [5.41, 5.74) is 9.66. The van der Waals surface area contributed by atoms with Crippen molar-refractivity contribution < 1.29 is 34.8 Å². The number of primary amides is 1. The number of Topliss-reactive ketones (excluding diaryl/α,β-unsaturated/α-hetero) is 2. The fourth-order valence-electron chi connectivity index (χ4n) is 6.20. The molecule has 1 saturated carbocycles. The van der Waals surface area contributed by atoms with E-state index in [4.69, 9.17) is 11.5 Å². The van der Waals surface area contributed by atoms with E-state index in [9.17, 15) is 34.8 Å². The molecule has 4 atom stereocenters. The van der Waals surface area contributed by atoms with E-state index >= 15 is 0 Å². The molecule has 3 aliphatic carbocycles. The number of aromatic hydroxyl groups is 1. The normalized spacial score (nSPS) is 27.8. The average molecular weight is 500 g/mol. The largest absolute Gasteiger partial charge is 0.508 e. The number of ketones is 2. The van der Waals surface area contributed by atoms with Crippen molar-refractivity contribution in [2.24, 2.45) is 23.3 Å². The number of hydrogen-bond donors (Lipinski definition) is 6. The Morgan fingerprint density at radius 1 is 1.19 bits per heavy atom. The molecule has 8 N–H and O–H groups in total. The number of aliphatic hydroxyl groups excluding tert-OH is 2. The number of benzene rings is 1. The summed E-state index contributed by atoms with van der Waals surface area (Å²) in [7, 11) is 3.14. The van der Waals surface area contributed by atoms with Crippen LogP contribution >= 0.6 is 0 Å². The van der Waals surface area contributed by atoms with E-state index in [2.05, 4.69) is 6.92 Å². The molecule has 0 bridgehead atoms. The quantitative estimate of drug-likeness (QED) is 0.307. The second-order valence-electron chi connectivity index (χ2n) is 10.2. The first kappa shape index (κ1) is 25.9. The number of rotatable bonds is 6. The smallest absolute Gasteiger partial charge is 0.255 e. The molecule has 0 aliphatic heterocycles. The topological polar surface area (TPSA) is 187 Å². The number of hydrogen-bond acceptors (Lipinski definition) is 9. The van der Waals surface area contributed by atoms with E-state index in [1.807, 2.05) is 6.07 Å². The van der Waals surface area contributed by atoms with Crippen molar-refractivity contribution in [2.75, 3.05) is 14.1 Å². The van der Waals surface area contributed by atoms with Gasteiger partial charge in [-0.3, -0.25) is 19.3 Å². The molecule has 10 heteroatoms. The Kier molecular flexibility index (Phi) is 6.48. The minimum absolute atomic E-state index is 0.0162. The summed E-state index contributed by atoms with van der Waals surface area (Å²) in [5, 5.41) is 44.8. The van der Waals surface area contributed by atoms with Gasteiger partial charge in [0.1, 0.15) is 22.8 Å². The molecular formula is C26H33N3O7. The Balaban J connectivity index is 1.97. The van der Waals surface area contributed by atoms with Crippen molar-refractivity contribution in [2.45, 2.75) is 57.2 Å². The van der Waals surface area contributed by atoms with Gasteiger partial charge in [0, 0.05) is 23.6 Å². The first-order chi connectivity index (χ1) is 16.9. The van der Waals surface area contributed by atoms with E-state index in [0.29, 0.717) is 17.5 Å². The molecule has 1 amide bonds. The number of fused-ring (bicyclic) bond motifs is 3. The van der Waals surface area contributed by atoms with Crippen LogP contribution in [-0.2, 0) is 33.8 Å². The number of amides is 1. The highest BCUT2D eigenvalue weighted by atomic mass is 16.3. The number of nitrogens with two attached hydrogens (primary N) is 2. The molecular weight excluding hydrogens is 466 g/mol. The van der Waals surface area contributed by atoms with Crippen LogP contribution in [0.25, 0.3) is 5.76 Å². The highest BCUT2D eigenvalue weighted by molar-refractivity contribution is 6.24. The van der Waals surface area contributed by atoms with Crippen LogP contribution in [0.4, 0.5) is 0 Å². The van der Waals surface area contributed by atoms with Gasteiger partial charge in [-0.05, 0) is 56.8 Å². The molecule has 0 spiro atoms. The number of unbranched alkanes of at least 4 members (excludes halogenated alkanes) is 1. The van der Waals surface area contributed by atoms with E-state index in [-0.39, 0.29) is 36.3 Å². The number of nitrogens with zero attached hydrogens (tertiary/aromatic N) is 1. The molecule has 4 rings (SSSR count). The van der Waals surface area contributed by atoms with E-state index in [1.165, 1.54) is 4.90 Å². The number of aliphatic hydroxyl groups is 3. The van der Waals surface area contributed by atoms with Crippen molar-refractivity contribution >= 4 is 23.2 Å². The van der Waals surface area contributed by atoms with E-state index in [1.54, 1.807) is 14.1 Å². The highest BCUT2D eigenvalue weighted by Gasteiger charge is 2.64. The summed E-state index contributed by atoms with van der Waals surface area (Å²) in [6.07, 6.45) is 2.84. The Labute approximate surface area is 208 Å². The Morgan fingerprint density at radius 3 is 2.42 bits per heavy atom. The van der Waals surface area contributed by atoms with Crippen molar-refractivity contribution in [1.29, 1.82) is 0 Å². The van der Waals surface area contributed by atoms with Gasteiger partial charge in [0.2, 0.25) is 5.78 Å². The standard InChI is InChI=1S/C26H33N3O7/c1-4-5-6-11-7-13(10-27)20(30)17-14(11)8-12-9-15-19(29(2)3)22(32)18(25(28)35)24(34)26(15,36)23(33)16(12)21(17)31/h7,12,15,19,30-31,34,36H,4-6,8-10,27H2,1-3H3,(H2,28,35)/t12-,15-,19+,26-/m0/s1. The Bertz CT molecular complexity index is 1230. The number of aryl methyl sites for hydroxylation is 1. The van der Waals surface area contributed by atoms with E-state index in [0.717, 1.165) is 18.4 Å². The maximum atomic E-state index is 13.9. The lowest BCUT2D eigenvalue weighted by molar-refractivity contribution is -0.153. The molecule has 36 heavy (non-hydrogen) atoms. The van der Waals surface area contributed by atoms with Gasteiger partial charge in [-0.25, -0.2) is 0 Å². The fraction of sp³-hybridized carbons (Fsp3) is 0.500. The molecule has 10 nitrogen and oxygen atoms in total. The third-order valence-corrected chi connectivity index (χ3v) is 7.91. The number of phenols is 1. The average Bonchev–Trinajstić information content (AvgIpc) is 2.80. The first-order valence-electron chi connectivity index (χ1n) is 12.1.